The summed E-state index contributed by atoms with van der Waals surface area (Å²) in [5.74, 6) is 0.520. The van der Waals surface area contributed by atoms with Gasteiger partial charge in [0.25, 0.3) is 0 Å². The molecule has 0 saturated carbocycles. The molecule has 5 nitrogen and oxygen atoms in total. The Morgan fingerprint density at radius 3 is 2.88 bits per heavy atom. The zero-order chi connectivity index (χ0) is 11.8. The zero-order valence-corrected chi connectivity index (χ0v) is 9.33. The minimum absolute atomic E-state index is 0.520. The van der Waals surface area contributed by atoms with Crippen LogP contribution in [-0.4, -0.2) is 19.6 Å². The third-order valence-corrected chi connectivity index (χ3v) is 2.58. The predicted octanol–water partition coefficient (Wildman–Crippen LogP) is 1.68. The standard InChI is InChI=1S/C12H11N5/c1-8-4-10(5-14-16-8)9-2-3-12-15-11(13)7-17(12)6-9/h2-7H,13H2,1H3. The second-order valence-electron chi connectivity index (χ2n) is 3.93. The van der Waals surface area contributed by atoms with Gasteiger partial charge in [-0.05, 0) is 25.1 Å². The van der Waals surface area contributed by atoms with Gasteiger partial charge in [0, 0.05) is 17.3 Å². The first-order chi connectivity index (χ1) is 8.22. The Labute approximate surface area is 97.9 Å². The highest BCUT2D eigenvalue weighted by Gasteiger charge is 2.02. The summed E-state index contributed by atoms with van der Waals surface area (Å²) in [6.07, 6.45) is 5.52. The molecule has 0 aliphatic rings. The number of fused-ring (bicyclic) bond motifs is 1. The lowest BCUT2D eigenvalue weighted by Gasteiger charge is -2.02. The van der Waals surface area contributed by atoms with Gasteiger partial charge in [0.2, 0.25) is 0 Å². The molecule has 0 spiro atoms. The molecule has 0 fully saturated rings. The van der Waals surface area contributed by atoms with E-state index in [0.29, 0.717) is 5.82 Å². The van der Waals surface area contributed by atoms with Gasteiger partial charge in [-0.2, -0.15) is 10.2 Å². The quantitative estimate of drug-likeness (QED) is 0.684. The van der Waals surface area contributed by atoms with Crippen molar-refractivity contribution in [2.45, 2.75) is 6.92 Å². The van der Waals surface area contributed by atoms with Gasteiger partial charge >= 0.3 is 0 Å². The van der Waals surface area contributed by atoms with Crippen LogP contribution in [0.25, 0.3) is 16.8 Å². The number of anilines is 1. The molecule has 3 rings (SSSR count). The fourth-order valence-electron chi connectivity index (χ4n) is 1.81. The van der Waals surface area contributed by atoms with Crippen LogP contribution >= 0.6 is 0 Å². The molecule has 2 N–H and O–H groups in total. The van der Waals surface area contributed by atoms with Gasteiger partial charge in [-0.25, -0.2) is 4.98 Å². The highest BCUT2D eigenvalue weighted by Crippen LogP contribution is 2.19. The molecular formula is C12H11N5. The van der Waals surface area contributed by atoms with E-state index in [0.717, 1.165) is 22.5 Å². The number of nitrogens with two attached hydrogens (primary N) is 1. The molecule has 0 saturated heterocycles. The smallest absolute Gasteiger partial charge is 0.142 e. The van der Waals surface area contributed by atoms with E-state index < -0.39 is 0 Å². The van der Waals surface area contributed by atoms with Crippen LogP contribution in [-0.2, 0) is 0 Å². The topological polar surface area (TPSA) is 69.1 Å². The average molecular weight is 225 g/mol. The summed E-state index contributed by atoms with van der Waals surface area (Å²) >= 11 is 0. The monoisotopic (exact) mass is 225 g/mol. The Bertz CT molecular complexity index is 686. The van der Waals surface area contributed by atoms with Gasteiger partial charge in [-0.3, -0.25) is 0 Å². The van der Waals surface area contributed by atoms with Gasteiger partial charge in [0.1, 0.15) is 11.5 Å². The van der Waals surface area contributed by atoms with Crippen molar-refractivity contribution in [2.75, 3.05) is 5.73 Å². The molecule has 0 aromatic carbocycles. The molecule has 5 heteroatoms. The van der Waals surface area contributed by atoms with Gasteiger partial charge in [0.15, 0.2) is 0 Å². The number of aryl methyl sites for hydroxylation is 1. The second kappa shape index (κ2) is 3.55. The molecular weight excluding hydrogens is 214 g/mol. The Balaban J connectivity index is 2.17. The first-order valence-corrected chi connectivity index (χ1v) is 5.26. The van der Waals surface area contributed by atoms with Crippen molar-refractivity contribution in [3.8, 4) is 11.1 Å². The van der Waals surface area contributed by atoms with E-state index in [1.54, 1.807) is 12.4 Å². The molecule has 84 valence electrons. The lowest BCUT2D eigenvalue weighted by Crippen LogP contribution is -1.89. The number of rotatable bonds is 1. The van der Waals surface area contributed by atoms with Gasteiger partial charge < -0.3 is 10.1 Å². The summed E-state index contributed by atoms with van der Waals surface area (Å²) in [7, 11) is 0. The summed E-state index contributed by atoms with van der Waals surface area (Å²) in [4.78, 5) is 4.18. The molecule has 0 aliphatic heterocycles. The largest absolute Gasteiger partial charge is 0.382 e. The average Bonchev–Trinajstić information content (AvgIpc) is 2.68. The predicted molar refractivity (Wildman–Crippen MR) is 65.4 cm³/mol. The van der Waals surface area contributed by atoms with E-state index in [2.05, 4.69) is 15.2 Å². The van der Waals surface area contributed by atoms with Gasteiger partial charge in [-0.1, -0.05) is 0 Å². The summed E-state index contributed by atoms with van der Waals surface area (Å²) in [6, 6.07) is 5.92. The lowest BCUT2D eigenvalue weighted by atomic mass is 10.1. The van der Waals surface area contributed by atoms with Crippen molar-refractivity contribution in [1.29, 1.82) is 0 Å². The van der Waals surface area contributed by atoms with E-state index in [9.17, 15) is 0 Å². The minimum atomic E-state index is 0.520. The van der Waals surface area contributed by atoms with Crippen molar-refractivity contribution in [3.63, 3.8) is 0 Å². The summed E-state index contributed by atoms with van der Waals surface area (Å²) < 4.78 is 1.90. The van der Waals surface area contributed by atoms with Crippen molar-refractivity contribution in [3.05, 3.63) is 42.5 Å². The number of nitrogens with zero attached hydrogens (tertiary/aromatic N) is 4. The molecule has 3 heterocycles. The first kappa shape index (κ1) is 9.77. The number of imidazole rings is 1. The minimum Gasteiger partial charge on any atom is -0.382 e. The molecule has 3 aromatic rings. The van der Waals surface area contributed by atoms with E-state index >= 15 is 0 Å². The van der Waals surface area contributed by atoms with Crippen LogP contribution in [0.2, 0.25) is 0 Å². The number of hydrogen-bond acceptors (Lipinski definition) is 4. The fourth-order valence-corrected chi connectivity index (χ4v) is 1.81. The van der Waals surface area contributed by atoms with Crippen LogP contribution in [0.1, 0.15) is 5.69 Å². The van der Waals surface area contributed by atoms with E-state index in [1.807, 2.05) is 35.7 Å². The Kier molecular flexibility index (Phi) is 2.04. The van der Waals surface area contributed by atoms with Crippen LogP contribution in [0.3, 0.4) is 0 Å². The van der Waals surface area contributed by atoms with Crippen molar-refractivity contribution < 1.29 is 0 Å². The van der Waals surface area contributed by atoms with E-state index in [-0.39, 0.29) is 0 Å². The number of aromatic nitrogens is 4. The van der Waals surface area contributed by atoms with Crippen LogP contribution in [0.5, 0.6) is 0 Å². The summed E-state index contributed by atoms with van der Waals surface area (Å²) in [5.41, 5.74) is 9.48. The second-order valence-corrected chi connectivity index (χ2v) is 3.93. The molecule has 0 bridgehead atoms. The molecule has 0 radical (unpaired) electrons. The Hall–Kier alpha value is -2.43. The first-order valence-electron chi connectivity index (χ1n) is 5.26. The van der Waals surface area contributed by atoms with Crippen molar-refractivity contribution >= 4 is 11.5 Å². The highest BCUT2D eigenvalue weighted by atomic mass is 15.1. The maximum absolute atomic E-state index is 5.65. The maximum atomic E-state index is 5.65. The molecule has 0 unspecified atom stereocenters. The van der Waals surface area contributed by atoms with Crippen LogP contribution in [0, 0.1) is 6.92 Å². The molecule has 0 aliphatic carbocycles. The molecule has 17 heavy (non-hydrogen) atoms. The number of hydrogen-bond donors (Lipinski definition) is 1. The van der Waals surface area contributed by atoms with Crippen LogP contribution in [0.4, 0.5) is 5.82 Å². The van der Waals surface area contributed by atoms with Crippen molar-refractivity contribution in [1.82, 2.24) is 19.6 Å². The fraction of sp³-hybridized carbons (Fsp3) is 0.0833. The Morgan fingerprint density at radius 2 is 2.06 bits per heavy atom. The van der Waals surface area contributed by atoms with E-state index in [1.165, 1.54) is 0 Å². The molecule has 0 amide bonds. The summed E-state index contributed by atoms with van der Waals surface area (Å²) in [5, 5.41) is 7.89. The SMILES string of the molecule is Cc1cc(-c2ccc3nc(N)cn3c2)cnn1. The van der Waals surface area contributed by atoms with Gasteiger partial charge in [0.05, 0.1) is 18.1 Å². The van der Waals surface area contributed by atoms with Crippen LogP contribution < -0.4 is 5.73 Å². The highest BCUT2D eigenvalue weighted by molar-refractivity contribution is 5.64. The third kappa shape index (κ3) is 1.71. The van der Waals surface area contributed by atoms with Gasteiger partial charge in [-0.15, -0.1) is 0 Å². The normalized spacial score (nSPS) is 10.9. The third-order valence-electron chi connectivity index (χ3n) is 2.58. The molecule has 3 aromatic heterocycles. The van der Waals surface area contributed by atoms with Crippen LogP contribution in [0.15, 0.2) is 36.8 Å². The lowest BCUT2D eigenvalue weighted by molar-refractivity contribution is 0.982. The zero-order valence-electron chi connectivity index (χ0n) is 9.33. The summed E-state index contributed by atoms with van der Waals surface area (Å²) in [6.45, 7) is 1.92. The number of nitrogen functional groups attached to an aromatic ring is 1. The molecule has 0 atom stereocenters. The van der Waals surface area contributed by atoms with Crippen molar-refractivity contribution in [2.24, 2.45) is 0 Å². The van der Waals surface area contributed by atoms with E-state index in [4.69, 9.17) is 5.73 Å². The maximum Gasteiger partial charge on any atom is 0.142 e. The number of pyridine rings is 1. The Morgan fingerprint density at radius 1 is 1.18 bits per heavy atom.